The maximum Gasteiger partial charge on any atom is 0.147 e. The van der Waals surface area contributed by atoms with Crippen molar-refractivity contribution in [2.75, 3.05) is 0 Å². The van der Waals surface area contributed by atoms with Gasteiger partial charge in [-0.3, -0.25) is 0 Å². The summed E-state index contributed by atoms with van der Waals surface area (Å²) in [5, 5.41) is 13.1. The van der Waals surface area contributed by atoms with E-state index in [4.69, 9.17) is 8.83 Å². The van der Waals surface area contributed by atoms with Crippen LogP contribution in [0.4, 0.5) is 0 Å². The van der Waals surface area contributed by atoms with Crippen molar-refractivity contribution < 1.29 is 8.83 Å². The number of benzene rings is 10. The summed E-state index contributed by atoms with van der Waals surface area (Å²) < 4.78 is 13.5. The SMILES string of the molecule is c1ccc(-c2oc3ccc4c5cc(-c6c7ccccc7c(-c7cc8ccccc8c8ccccc78)c7ccccc67)ccc5oc4c3c2-c2ccccc2)cc1. The highest BCUT2D eigenvalue weighted by Crippen LogP contribution is 2.49. The summed E-state index contributed by atoms with van der Waals surface area (Å²) in [5.41, 5.74) is 10.6. The highest BCUT2D eigenvalue weighted by atomic mass is 16.3. The van der Waals surface area contributed by atoms with Crippen molar-refractivity contribution in [3.63, 3.8) is 0 Å². The average molecular weight is 713 g/mol. The van der Waals surface area contributed by atoms with Gasteiger partial charge in [0.25, 0.3) is 0 Å². The second-order valence-corrected chi connectivity index (χ2v) is 14.7. The molecule has 2 heterocycles. The Labute approximate surface area is 322 Å². The number of hydrogen-bond acceptors (Lipinski definition) is 2. The van der Waals surface area contributed by atoms with Crippen molar-refractivity contribution >= 4 is 76.0 Å². The van der Waals surface area contributed by atoms with Gasteiger partial charge in [-0.25, -0.2) is 0 Å². The third kappa shape index (κ3) is 4.50. The normalized spacial score (nSPS) is 11.9. The van der Waals surface area contributed by atoms with E-state index in [9.17, 15) is 0 Å². The lowest BCUT2D eigenvalue weighted by molar-refractivity contribution is 0.631. The molecule has 2 heteroatoms. The maximum atomic E-state index is 6.84. The van der Waals surface area contributed by atoms with Crippen LogP contribution in [0, 0.1) is 0 Å². The van der Waals surface area contributed by atoms with Gasteiger partial charge in [-0.2, -0.15) is 0 Å². The standard InChI is InChI=1S/C54H32O2/c1-3-15-33(16-4-1)50-52-48(56-53(50)34-17-5-2-6-18-34)30-28-44-45-32-36(27-29-47(45)55-54(44)52)49-40-23-11-13-25-42(40)51(43-26-14-12-24-41(43)49)46-31-35-19-7-8-20-37(35)38-21-9-10-22-39(38)46/h1-32H. The largest absolute Gasteiger partial charge is 0.455 e. The molecule has 10 aromatic carbocycles. The Balaban J connectivity index is 1.13. The van der Waals surface area contributed by atoms with Gasteiger partial charge in [0.2, 0.25) is 0 Å². The van der Waals surface area contributed by atoms with Gasteiger partial charge in [-0.1, -0.05) is 164 Å². The average Bonchev–Trinajstić information content (AvgIpc) is 3.85. The topological polar surface area (TPSA) is 26.3 Å². The molecule has 0 unspecified atom stereocenters. The fraction of sp³-hybridized carbons (Fsp3) is 0. The predicted octanol–water partition coefficient (Wildman–Crippen LogP) is 15.6. The number of fused-ring (bicyclic) bond motifs is 10. The van der Waals surface area contributed by atoms with Crippen molar-refractivity contribution in [2.45, 2.75) is 0 Å². The van der Waals surface area contributed by atoms with Gasteiger partial charge in [-0.05, 0) is 101 Å². The minimum atomic E-state index is 0.809. The molecule has 0 aliphatic heterocycles. The van der Waals surface area contributed by atoms with Crippen molar-refractivity contribution in [1.29, 1.82) is 0 Å². The van der Waals surface area contributed by atoms with E-state index in [1.807, 2.05) is 6.07 Å². The molecule has 0 aliphatic rings. The summed E-state index contributed by atoms with van der Waals surface area (Å²) in [4.78, 5) is 0. The van der Waals surface area contributed by atoms with Crippen LogP contribution in [0.2, 0.25) is 0 Å². The van der Waals surface area contributed by atoms with E-state index in [0.717, 1.165) is 60.9 Å². The Bertz CT molecular complexity index is 3460. The lowest BCUT2D eigenvalue weighted by Crippen LogP contribution is -1.92. The Hall–Kier alpha value is -7.42. The Morgan fingerprint density at radius 1 is 0.286 bits per heavy atom. The van der Waals surface area contributed by atoms with Gasteiger partial charge >= 0.3 is 0 Å². The molecular formula is C54H32O2. The van der Waals surface area contributed by atoms with Crippen molar-refractivity contribution in [3.8, 4) is 44.7 Å². The zero-order chi connectivity index (χ0) is 36.7. The van der Waals surface area contributed by atoms with Crippen molar-refractivity contribution in [3.05, 3.63) is 194 Å². The molecule has 260 valence electrons. The maximum absolute atomic E-state index is 6.84. The minimum Gasteiger partial charge on any atom is -0.455 e. The van der Waals surface area contributed by atoms with E-state index in [-0.39, 0.29) is 0 Å². The van der Waals surface area contributed by atoms with Gasteiger partial charge in [0.15, 0.2) is 0 Å². The lowest BCUT2D eigenvalue weighted by Gasteiger charge is -2.19. The van der Waals surface area contributed by atoms with E-state index in [1.54, 1.807) is 0 Å². The molecule has 0 amide bonds. The third-order valence-corrected chi connectivity index (χ3v) is 11.6. The fourth-order valence-corrected chi connectivity index (χ4v) is 9.24. The first-order chi connectivity index (χ1) is 27.8. The number of furan rings is 2. The first kappa shape index (κ1) is 31.0. The van der Waals surface area contributed by atoms with Crippen LogP contribution in [0.25, 0.3) is 121 Å². The molecule has 0 N–H and O–H groups in total. The molecule has 0 atom stereocenters. The Morgan fingerprint density at radius 3 is 1.54 bits per heavy atom. The molecule has 0 spiro atoms. The molecule has 0 aliphatic carbocycles. The van der Waals surface area contributed by atoms with Crippen LogP contribution in [-0.4, -0.2) is 0 Å². The van der Waals surface area contributed by atoms with E-state index in [0.29, 0.717) is 0 Å². The van der Waals surface area contributed by atoms with E-state index < -0.39 is 0 Å². The second-order valence-electron chi connectivity index (χ2n) is 14.7. The smallest absolute Gasteiger partial charge is 0.147 e. The molecular weight excluding hydrogens is 681 g/mol. The lowest BCUT2D eigenvalue weighted by atomic mass is 9.83. The zero-order valence-electron chi connectivity index (χ0n) is 30.3. The van der Waals surface area contributed by atoms with Gasteiger partial charge in [-0.15, -0.1) is 0 Å². The summed E-state index contributed by atoms with van der Waals surface area (Å²) in [5.74, 6) is 0.845. The molecule has 0 fully saturated rings. The molecule has 0 radical (unpaired) electrons. The molecule has 0 saturated heterocycles. The van der Waals surface area contributed by atoms with E-state index >= 15 is 0 Å². The molecule has 56 heavy (non-hydrogen) atoms. The van der Waals surface area contributed by atoms with Crippen LogP contribution in [0.15, 0.2) is 203 Å². The first-order valence-electron chi connectivity index (χ1n) is 19.2. The monoisotopic (exact) mass is 712 g/mol. The summed E-state index contributed by atoms with van der Waals surface area (Å²) in [6.07, 6.45) is 0. The Kier molecular flexibility index (Phi) is 6.66. The quantitative estimate of drug-likeness (QED) is 0.134. The van der Waals surface area contributed by atoms with Gasteiger partial charge < -0.3 is 8.83 Å². The highest BCUT2D eigenvalue weighted by Gasteiger charge is 2.24. The highest BCUT2D eigenvalue weighted by molar-refractivity contribution is 6.27. The molecule has 12 aromatic rings. The zero-order valence-corrected chi connectivity index (χ0v) is 30.3. The predicted molar refractivity (Wildman–Crippen MR) is 235 cm³/mol. The van der Waals surface area contributed by atoms with E-state index in [2.05, 4.69) is 188 Å². The van der Waals surface area contributed by atoms with Crippen LogP contribution >= 0.6 is 0 Å². The second kappa shape index (κ2) is 12.0. The van der Waals surface area contributed by atoms with Crippen LogP contribution in [-0.2, 0) is 0 Å². The van der Waals surface area contributed by atoms with Crippen LogP contribution in [0.3, 0.4) is 0 Å². The van der Waals surface area contributed by atoms with Crippen molar-refractivity contribution in [1.82, 2.24) is 0 Å². The van der Waals surface area contributed by atoms with Crippen LogP contribution < -0.4 is 0 Å². The summed E-state index contributed by atoms with van der Waals surface area (Å²) in [6.45, 7) is 0. The molecule has 12 rings (SSSR count). The number of rotatable bonds is 4. The molecule has 2 aromatic heterocycles. The van der Waals surface area contributed by atoms with Gasteiger partial charge in [0.05, 0.1) is 5.39 Å². The summed E-state index contributed by atoms with van der Waals surface area (Å²) in [7, 11) is 0. The summed E-state index contributed by atoms with van der Waals surface area (Å²) in [6, 6.07) is 69.6. The van der Waals surface area contributed by atoms with Crippen molar-refractivity contribution in [2.24, 2.45) is 0 Å². The molecule has 0 saturated carbocycles. The molecule has 0 bridgehead atoms. The van der Waals surface area contributed by atoms with Crippen LogP contribution in [0.1, 0.15) is 0 Å². The first-order valence-corrected chi connectivity index (χ1v) is 19.2. The fourth-order valence-electron chi connectivity index (χ4n) is 9.24. The Morgan fingerprint density at radius 2 is 0.839 bits per heavy atom. The summed E-state index contributed by atoms with van der Waals surface area (Å²) >= 11 is 0. The van der Waals surface area contributed by atoms with E-state index in [1.165, 1.54) is 59.8 Å². The minimum absolute atomic E-state index is 0.809. The number of hydrogen-bond donors (Lipinski definition) is 0. The third-order valence-electron chi connectivity index (χ3n) is 11.6. The van der Waals surface area contributed by atoms with Gasteiger partial charge in [0.1, 0.15) is 22.5 Å². The van der Waals surface area contributed by atoms with Gasteiger partial charge in [0, 0.05) is 21.9 Å². The van der Waals surface area contributed by atoms with Crippen LogP contribution in [0.5, 0.6) is 0 Å². The molecule has 2 nitrogen and oxygen atoms in total.